The van der Waals surface area contributed by atoms with Gasteiger partial charge in [0.2, 0.25) is 0 Å². The molecule has 100 valence electrons. The second-order valence-electron chi connectivity index (χ2n) is 4.84. The number of hydrogen-bond donors (Lipinski definition) is 0. The molecule has 1 saturated heterocycles. The summed E-state index contributed by atoms with van der Waals surface area (Å²) in [6.07, 6.45) is 0. The standard InChI is InChI=1S/C15H17NO2S/c1-11-15(12-4-2-3-5-14(12)19-11)13(17)10-16-6-8-18-9-7-16/h2-5H,6-10H2,1H3. The molecule has 1 aromatic heterocycles. The van der Waals surface area contributed by atoms with Crippen molar-refractivity contribution in [3.63, 3.8) is 0 Å². The van der Waals surface area contributed by atoms with Gasteiger partial charge in [0.1, 0.15) is 0 Å². The van der Waals surface area contributed by atoms with Crippen molar-refractivity contribution in [3.05, 3.63) is 34.7 Å². The van der Waals surface area contributed by atoms with Gasteiger partial charge in [-0.25, -0.2) is 0 Å². The third-order valence-corrected chi connectivity index (χ3v) is 4.61. The summed E-state index contributed by atoms with van der Waals surface area (Å²) in [4.78, 5) is 15.8. The average Bonchev–Trinajstić information content (AvgIpc) is 2.75. The van der Waals surface area contributed by atoms with Crippen LogP contribution in [0.25, 0.3) is 10.1 Å². The Balaban J connectivity index is 1.86. The molecule has 0 atom stereocenters. The van der Waals surface area contributed by atoms with E-state index in [1.807, 2.05) is 25.1 Å². The van der Waals surface area contributed by atoms with Crippen molar-refractivity contribution in [2.75, 3.05) is 32.8 Å². The number of nitrogens with zero attached hydrogens (tertiary/aromatic N) is 1. The molecule has 4 heteroatoms. The predicted octanol–water partition coefficient (Wildman–Crippen LogP) is 2.72. The lowest BCUT2D eigenvalue weighted by Gasteiger charge is -2.25. The first-order valence-electron chi connectivity index (χ1n) is 6.57. The van der Waals surface area contributed by atoms with Gasteiger partial charge in [-0.05, 0) is 13.0 Å². The number of ketones is 1. The molecule has 3 nitrogen and oxygen atoms in total. The zero-order valence-corrected chi connectivity index (χ0v) is 11.8. The molecule has 2 heterocycles. The summed E-state index contributed by atoms with van der Waals surface area (Å²) in [6, 6.07) is 8.15. The van der Waals surface area contributed by atoms with Gasteiger partial charge in [-0.3, -0.25) is 9.69 Å². The van der Waals surface area contributed by atoms with E-state index in [0.29, 0.717) is 6.54 Å². The van der Waals surface area contributed by atoms with Crippen LogP contribution < -0.4 is 0 Å². The number of fused-ring (bicyclic) bond motifs is 1. The van der Waals surface area contributed by atoms with E-state index in [2.05, 4.69) is 11.0 Å². The zero-order valence-electron chi connectivity index (χ0n) is 11.0. The Kier molecular flexibility index (Phi) is 3.64. The Morgan fingerprint density at radius 3 is 2.84 bits per heavy atom. The fraction of sp³-hybridized carbons (Fsp3) is 0.400. The van der Waals surface area contributed by atoms with E-state index in [-0.39, 0.29) is 5.78 Å². The number of benzene rings is 1. The zero-order chi connectivity index (χ0) is 13.2. The molecule has 1 aliphatic heterocycles. The van der Waals surface area contributed by atoms with Gasteiger partial charge in [-0.2, -0.15) is 0 Å². The molecule has 0 spiro atoms. The molecule has 0 bridgehead atoms. The smallest absolute Gasteiger partial charge is 0.178 e. The molecular weight excluding hydrogens is 258 g/mol. The third-order valence-electron chi connectivity index (χ3n) is 3.52. The molecule has 3 rings (SSSR count). The van der Waals surface area contributed by atoms with Crippen molar-refractivity contribution in [2.24, 2.45) is 0 Å². The maximum atomic E-state index is 12.5. The van der Waals surface area contributed by atoms with E-state index in [4.69, 9.17) is 4.74 Å². The molecule has 0 unspecified atom stereocenters. The predicted molar refractivity (Wildman–Crippen MR) is 78.2 cm³/mol. The summed E-state index contributed by atoms with van der Waals surface area (Å²) in [5.74, 6) is 0.233. The Labute approximate surface area is 116 Å². The van der Waals surface area contributed by atoms with Gasteiger partial charge in [0.15, 0.2) is 5.78 Å². The van der Waals surface area contributed by atoms with Crippen LogP contribution in [0.5, 0.6) is 0 Å². The quantitative estimate of drug-likeness (QED) is 0.807. The van der Waals surface area contributed by atoms with Crippen LogP contribution in [0.2, 0.25) is 0 Å². The summed E-state index contributed by atoms with van der Waals surface area (Å²) in [5.41, 5.74) is 0.909. The van der Waals surface area contributed by atoms with Crippen LogP contribution in [0.15, 0.2) is 24.3 Å². The molecule has 2 aromatic rings. The lowest BCUT2D eigenvalue weighted by molar-refractivity contribution is 0.0371. The summed E-state index contributed by atoms with van der Waals surface area (Å²) < 4.78 is 6.51. The number of carbonyl (C=O) groups excluding carboxylic acids is 1. The van der Waals surface area contributed by atoms with Crippen LogP contribution in [0.3, 0.4) is 0 Å². The van der Waals surface area contributed by atoms with Crippen molar-refractivity contribution in [1.29, 1.82) is 0 Å². The van der Waals surface area contributed by atoms with Crippen molar-refractivity contribution in [1.82, 2.24) is 4.90 Å². The first-order chi connectivity index (χ1) is 9.25. The van der Waals surface area contributed by atoms with Crippen LogP contribution in [0.1, 0.15) is 15.2 Å². The van der Waals surface area contributed by atoms with E-state index < -0.39 is 0 Å². The molecule has 1 aromatic carbocycles. The molecule has 1 aliphatic rings. The van der Waals surface area contributed by atoms with Gasteiger partial charge in [0.05, 0.1) is 19.8 Å². The van der Waals surface area contributed by atoms with Crippen LogP contribution in [-0.2, 0) is 4.74 Å². The minimum atomic E-state index is 0.233. The second-order valence-corrected chi connectivity index (χ2v) is 6.10. The Bertz CT molecular complexity index is 599. The highest BCUT2D eigenvalue weighted by atomic mass is 32.1. The van der Waals surface area contributed by atoms with Crippen molar-refractivity contribution < 1.29 is 9.53 Å². The molecule has 0 aliphatic carbocycles. The van der Waals surface area contributed by atoms with Crippen molar-refractivity contribution in [2.45, 2.75) is 6.92 Å². The summed E-state index contributed by atoms with van der Waals surface area (Å²) in [6.45, 7) is 5.72. The minimum absolute atomic E-state index is 0.233. The highest BCUT2D eigenvalue weighted by Gasteiger charge is 2.20. The van der Waals surface area contributed by atoms with Gasteiger partial charge < -0.3 is 4.74 Å². The van der Waals surface area contributed by atoms with Crippen LogP contribution in [0.4, 0.5) is 0 Å². The lowest BCUT2D eigenvalue weighted by Crippen LogP contribution is -2.39. The number of rotatable bonds is 3. The number of Topliss-reactive ketones (excluding diaryl/α,β-unsaturated/α-hetero) is 1. The molecule has 1 fully saturated rings. The molecule has 19 heavy (non-hydrogen) atoms. The maximum Gasteiger partial charge on any atom is 0.178 e. The Morgan fingerprint density at radius 2 is 2.05 bits per heavy atom. The van der Waals surface area contributed by atoms with Crippen LogP contribution in [0, 0.1) is 6.92 Å². The maximum absolute atomic E-state index is 12.5. The third kappa shape index (κ3) is 2.56. The highest BCUT2D eigenvalue weighted by Crippen LogP contribution is 2.30. The number of morpholine rings is 1. The highest BCUT2D eigenvalue weighted by molar-refractivity contribution is 7.19. The summed E-state index contributed by atoms with van der Waals surface area (Å²) in [7, 11) is 0. The summed E-state index contributed by atoms with van der Waals surface area (Å²) in [5, 5.41) is 1.10. The van der Waals surface area contributed by atoms with Gasteiger partial charge in [0, 0.05) is 33.6 Å². The van der Waals surface area contributed by atoms with Gasteiger partial charge in [-0.15, -0.1) is 11.3 Å². The fourth-order valence-corrected chi connectivity index (χ4v) is 3.64. The van der Waals surface area contributed by atoms with Gasteiger partial charge in [0.25, 0.3) is 0 Å². The molecular formula is C15H17NO2S. The van der Waals surface area contributed by atoms with E-state index in [0.717, 1.165) is 42.1 Å². The van der Waals surface area contributed by atoms with Crippen LogP contribution >= 0.6 is 11.3 Å². The Hall–Kier alpha value is -1.23. The minimum Gasteiger partial charge on any atom is -0.379 e. The topological polar surface area (TPSA) is 29.5 Å². The molecule has 0 saturated carbocycles. The first kappa shape index (κ1) is 12.8. The van der Waals surface area contributed by atoms with E-state index in [1.54, 1.807) is 11.3 Å². The number of aryl methyl sites for hydroxylation is 1. The van der Waals surface area contributed by atoms with Gasteiger partial charge >= 0.3 is 0 Å². The summed E-state index contributed by atoms with van der Waals surface area (Å²) >= 11 is 1.71. The number of ether oxygens (including phenoxy) is 1. The lowest BCUT2D eigenvalue weighted by atomic mass is 10.1. The van der Waals surface area contributed by atoms with Gasteiger partial charge in [-0.1, -0.05) is 18.2 Å². The second kappa shape index (κ2) is 5.41. The van der Waals surface area contributed by atoms with E-state index in [1.165, 1.54) is 4.70 Å². The SMILES string of the molecule is Cc1sc2ccccc2c1C(=O)CN1CCOCC1. The van der Waals surface area contributed by atoms with Crippen molar-refractivity contribution >= 4 is 27.2 Å². The van der Waals surface area contributed by atoms with E-state index >= 15 is 0 Å². The van der Waals surface area contributed by atoms with Crippen molar-refractivity contribution in [3.8, 4) is 0 Å². The number of carbonyl (C=O) groups is 1. The Morgan fingerprint density at radius 1 is 1.32 bits per heavy atom. The molecule has 0 N–H and O–H groups in total. The largest absolute Gasteiger partial charge is 0.379 e. The first-order valence-corrected chi connectivity index (χ1v) is 7.39. The molecule has 0 amide bonds. The fourth-order valence-electron chi connectivity index (χ4n) is 2.56. The molecule has 0 radical (unpaired) electrons. The van der Waals surface area contributed by atoms with E-state index in [9.17, 15) is 4.79 Å². The monoisotopic (exact) mass is 275 g/mol. The normalized spacial score (nSPS) is 16.9. The van der Waals surface area contributed by atoms with Crippen LogP contribution in [-0.4, -0.2) is 43.5 Å². The number of hydrogen-bond acceptors (Lipinski definition) is 4. The average molecular weight is 275 g/mol. The number of thiophene rings is 1.